The van der Waals surface area contributed by atoms with Crippen molar-refractivity contribution < 1.29 is 9.53 Å². The summed E-state index contributed by atoms with van der Waals surface area (Å²) in [5, 5.41) is 3.36. The van der Waals surface area contributed by atoms with E-state index in [4.69, 9.17) is 4.74 Å². The molecule has 3 rings (SSSR count). The third-order valence-corrected chi connectivity index (χ3v) is 6.04. The third kappa shape index (κ3) is 1.42. The molecule has 0 amide bonds. The van der Waals surface area contributed by atoms with Crippen LogP contribution in [-0.4, -0.2) is 18.3 Å². The molecule has 2 aliphatic heterocycles. The number of fused-ring (bicyclic) bond motifs is 4. The molecule has 2 atom stereocenters. The lowest BCUT2D eigenvalue weighted by Gasteiger charge is -2.19. The largest absolute Gasteiger partial charge is 0.465 e. The molecular formula is C11H12O2S2. The van der Waals surface area contributed by atoms with Gasteiger partial charge < -0.3 is 4.74 Å². The fraction of sp³-hybridized carbons (Fsp3) is 0.545. The summed E-state index contributed by atoms with van der Waals surface area (Å²) in [4.78, 5) is 13.0. The minimum atomic E-state index is -0.168. The minimum Gasteiger partial charge on any atom is -0.465 e. The zero-order valence-corrected chi connectivity index (χ0v) is 10.1. The van der Waals surface area contributed by atoms with Gasteiger partial charge in [0, 0.05) is 20.8 Å². The van der Waals surface area contributed by atoms with E-state index in [0.29, 0.717) is 5.25 Å². The molecule has 3 heterocycles. The van der Waals surface area contributed by atoms with Crippen molar-refractivity contribution in [2.45, 2.75) is 29.8 Å². The molecule has 1 saturated heterocycles. The first kappa shape index (κ1) is 9.73. The highest BCUT2D eigenvalue weighted by atomic mass is 32.2. The molecule has 0 aliphatic carbocycles. The SMILES string of the molecule is COC(=O)c1csc2c1CC1CCC2S1. The summed E-state index contributed by atoms with van der Waals surface area (Å²) in [6.07, 6.45) is 3.64. The molecule has 1 fully saturated rings. The summed E-state index contributed by atoms with van der Waals surface area (Å²) in [7, 11) is 1.46. The fourth-order valence-electron chi connectivity index (χ4n) is 2.44. The van der Waals surface area contributed by atoms with Gasteiger partial charge in [0.1, 0.15) is 0 Å². The highest BCUT2D eigenvalue weighted by Crippen LogP contribution is 2.53. The van der Waals surface area contributed by atoms with Gasteiger partial charge in [-0.2, -0.15) is 0 Å². The van der Waals surface area contributed by atoms with Gasteiger partial charge in [0.25, 0.3) is 0 Å². The monoisotopic (exact) mass is 240 g/mol. The number of rotatable bonds is 1. The Balaban J connectivity index is 2.04. The van der Waals surface area contributed by atoms with E-state index in [1.165, 1.54) is 30.4 Å². The first-order valence-corrected chi connectivity index (χ1v) is 6.96. The van der Waals surface area contributed by atoms with Crippen molar-refractivity contribution in [1.82, 2.24) is 0 Å². The van der Waals surface area contributed by atoms with Crippen molar-refractivity contribution in [3.8, 4) is 0 Å². The zero-order valence-electron chi connectivity index (χ0n) is 8.49. The summed E-state index contributed by atoms with van der Waals surface area (Å²) in [5.41, 5.74) is 2.09. The molecule has 15 heavy (non-hydrogen) atoms. The lowest BCUT2D eigenvalue weighted by molar-refractivity contribution is 0.0600. The Kier molecular flexibility index (Phi) is 2.29. The Morgan fingerprint density at radius 3 is 3.20 bits per heavy atom. The van der Waals surface area contributed by atoms with E-state index in [9.17, 15) is 4.79 Å². The van der Waals surface area contributed by atoms with Crippen molar-refractivity contribution in [3.63, 3.8) is 0 Å². The Hall–Kier alpha value is -0.480. The Morgan fingerprint density at radius 1 is 1.53 bits per heavy atom. The van der Waals surface area contributed by atoms with E-state index in [-0.39, 0.29) is 5.97 Å². The van der Waals surface area contributed by atoms with Gasteiger partial charge in [0.15, 0.2) is 0 Å². The van der Waals surface area contributed by atoms with Crippen LogP contribution in [0.15, 0.2) is 5.38 Å². The van der Waals surface area contributed by atoms with Crippen molar-refractivity contribution >= 4 is 29.1 Å². The average Bonchev–Trinajstić information content (AvgIpc) is 2.83. The van der Waals surface area contributed by atoms with Gasteiger partial charge in [-0.25, -0.2) is 4.79 Å². The number of hydrogen-bond acceptors (Lipinski definition) is 4. The Bertz CT molecular complexity index is 411. The Labute approximate surface area is 97.0 Å². The molecule has 0 spiro atoms. The van der Waals surface area contributed by atoms with Gasteiger partial charge in [-0.3, -0.25) is 0 Å². The third-order valence-electron chi connectivity index (χ3n) is 3.16. The lowest BCUT2D eigenvalue weighted by Crippen LogP contribution is -2.12. The minimum absolute atomic E-state index is 0.168. The molecule has 2 nitrogen and oxygen atoms in total. The van der Waals surface area contributed by atoms with Crippen LogP contribution in [0, 0.1) is 0 Å². The van der Waals surface area contributed by atoms with E-state index in [1.54, 1.807) is 11.3 Å². The second kappa shape index (κ2) is 3.52. The van der Waals surface area contributed by atoms with Crippen LogP contribution in [0.4, 0.5) is 0 Å². The van der Waals surface area contributed by atoms with Crippen LogP contribution in [0.5, 0.6) is 0 Å². The Morgan fingerprint density at radius 2 is 2.40 bits per heavy atom. The summed E-state index contributed by atoms with van der Waals surface area (Å²) in [5.74, 6) is -0.168. The number of ether oxygens (including phenoxy) is 1. The molecular weight excluding hydrogens is 228 g/mol. The molecule has 2 aliphatic rings. The van der Waals surface area contributed by atoms with Crippen LogP contribution >= 0.6 is 23.1 Å². The molecule has 2 unspecified atom stereocenters. The molecule has 1 aromatic rings. The molecule has 80 valence electrons. The first-order chi connectivity index (χ1) is 7.29. The fourth-order valence-corrected chi connectivity index (χ4v) is 5.40. The van der Waals surface area contributed by atoms with Crippen LogP contribution in [-0.2, 0) is 11.2 Å². The van der Waals surface area contributed by atoms with Crippen LogP contribution < -0.4 is 0 Å². The van der Waals surface area contributed by atoms with Crippen molar-refractivity contribution in [2.75, 3.05) is 7.11 Å². The maximum absolute atomic E-state index is 11.6. The van der Waals surface area contributed by atoms with Crippen LogP contribution in [0.1, 0.15) is 38.9 Å². The quantitative estimate of drug-likeness (QED) is 0.706. The predicted octanol–water partition coefficient (Wildman–Crippen LogP) is 3.03. The van der Waals surface area contributed by atoms with Gasteiger partial charge in [0.05, 0.1) is 12.7 Å². The van der Waals surface area contributed by atoms with Crippen LogP contribution in [0.2, 0.25) is 0 Å². The lowest BCUT2D eigenvalue weighted by atomic mass is 10.1. The summed E-state index contributed by atoms with van der Waals surface area (Å²) >= 11 is 3.82. The molecule has 0 aromatic carbocycles. The van der Waals surface area contributed by atoms with E-state index < -0.39 is 0 Å². The summed E-state index contributed by atoms with van der Waals surface area (Å²) < 4.78 is 4.81. The summed E-state index contributed by atoms with van der Waals surface area (Å²) in [6, 6.07) is 0. The molecule has 4 heteroatoms. The topological polar surface area (TPSA) is 26.3 Å². The van der Waals surface area contributed by atoms with Gasteiger partial charge in [0.2, 0.25) is 0 Å². The van der Waals surface area contributed by atoms with E-state index >= 15 is 0 Å². The number of thiophene rings is 1. The van der Waals surface area contributed by atoms with Gasteiger partial charge in [-0.05, 0) is 24.8 Å². The number of esters is 1. The normalized spacial score (nSPS) is 27.5. The number of thioether (sulfide) groups is 1. The first-order valence-electron chi connectivity index (χ1n) is 5.13. The molecule has 0 N–H and O–H groups in total. The molecule has 1 aromatic heterocycles. The van der Waals surface area contributed by atoms with E-state index in [1.807, 2.05) is 5.38 Å². The molecule has 0 radical (unpaired) electrons. The van der Waals surface area contributed by atoms with Crippen molar-refractivity contribution in [2.24, 2.45) is 0 Å². The van der Waals surface area contributed by atoms with Crippen LogP contribution in [0.25, 0.3) is 0 Å². The smallest absolute Gasteiger partial charge is 0.338 e. The second-order valence-electron chi connectivity index (χ2n) is 4.01. The number of hydrogen-bond donors (Lipinski definition) is 0. The van der Waals surface area contributed by atoms with Crippen molar-refractivity contribution in [1.29, 1.82) is 0 Å². The van der Waals surface area contributed by atoms with Gasteiger partial charge in [-0.15, -0.1) is 23.1 Å². The second-order valence-corrected chi connectivity index (χ2v) is 6.43. The average molecular weight is 240 g/mol. The predicted molar refractivity (Wildman–Crippen MR) is 62.7 cm³/mol. The molecule has 0 saturated carbocycles. The maximum Gasteiger partial charge on any atom is 0.338 e. The van der Waals surface area contributed by atoms with E-state index in [2.05, 4.69) is 11.8 Å². The summed E-state index contributed by atoms with van der Waals surface area (Å²) in [6.45, 7) is 0. The molecule has 2 bridgehead atoms. The number of carbonyl (C=O) groups excluding carboxylic acids is 1. The number of carbonyl (C=O) groups is 1. The van der Waals surface area contributed by atoms with Crippen LogP contribution in [0.3, 0.4) is 0 Å². The van der Waals surface area contributed by atoms with Gasteiger partial charge >= 0.3 is 5.97 Å². The highest BCUT2D eigenvalue weighted by molar-refractivity contribution is 8.00. The standard InChI is InChI=1S/C11H12O2S2/c1-13-11(12)8-5-14-10-7(8)4-6-2-3-9(10)15-6/h5-6,9H,2-4H2,1H3. The van der Waals surface area contributed by atoms with Gasteiger partial charge in [-0.1, -0.05) is 0 Å². The zero-order chi connectivity index (χ0) is 10.4. The highest BCUT2D eigenvalue weighted by Gasteiger charge is 2.37. The number of methoxy groups -OCH3 is 1. The maximum atomic E-state index is 11.6. The van der Waals surface area contributed by atoms with Crippen molar-refractivity contribution in [3.05, 3.63) is 21.4 Å². The van der Waals surface area contributed by atoms with E-state index in [0.717, 1.165) is 17.2 Å².